The van der Waals surface area contributed by atoms with Crippen LogP contribution in [0.15, 0.2) is 36.4 Å². The summed E-state index contributed by atoms with van der Waals surface area (Å²) < 4.78 is 53.4. The molecule has 1 N–H and O–H groups in total. The summed E-state index contributed by atoms with van der Waals surface area (Å²) >= 11 is 0. The monoisotopic (exact) mass is 287 g/mol. The van der Waals surface area contributed by atoms with E-state index in [0.29, 0.717) is 5.56 Å². The first kappa shape index (κ1) is 14.3. The molecule has 0 saturated heterocycles. The summed E-state index contributed by atoms with van der Waals surface area (Å²) in [6.07, 6.45) is -4.77. The van der Waals surface area contributed by atoms with Gasteiger partial charge in [0.1, 0.15) is 5.75 Å². The summed E-state index contributed by atoms with van der Waals surface area (Å²) in [4.78, 5) is 3.52. The van der Waals surface area contributed by atoms with E-state index in [1.807, 2.05) is 0 Å². The minimum Gasteiger partial charge on any atom is -0.406 e. The summed E-state index contributed by atoms with van der Waals surface area (Å²) in [6, 6.07) is 7.58. The van der Waals surface area contributed by atoms with Crippen LogP contribution in [0.2, 0.25) is 0 Å². The molecule has 106 valence electrons. The Morgan fingerprint density at radius 2 is 1.70 bits per heavy atom. The third kappa shape index (κ3) is 3.45. The predicted molar refractivity (Wildman–Crippen MR) is 62.2 cm³/mol. The molecular weight excluding hydrogens is 278 g/mol. The number of aliphatic hydroxyl groups is 1. The third-order valence-electron chi connectivity index (χ3n) is 2.47. The molecule has 1 heterocycles. The predicted octanol–water partition coefficient (Wildman–Crippen LogP) is 3.28. The maximum Gasteiger partial charge on any atom is 0.573 e. The smallest absolute Gasteiger partial charge is 0.406 e. The molecule has 3 nitrogen and oxygen atoms in total. The Hall–Kier alpha value is -2.15. The van der Waals surface area contributed by atoms with E-state index < -0.39 is 18.9 Å². The number of aliphatic hydroxyl groups excluding tert-OH is 1. The van der Waals surface area contributed by atoms with E-state index in [1.54, 1.807) is 0 Å². The largest absolute Gasteiger partial charge is 0.573 e. The number of halogens is 4. The van der Waals surface area contributed by atoms with Gasteiger partial charge in [0.05, 0.1) is 12.3 Å². The number of pyridine rings is 1. The number of hydrogen-bond donors (Lipinski definition) is 1. The number of alkyl halides is 3. The van der Waals surface area contributed by atoms with Crippen molar-refractivity contribution >= 4 is 0 Å². The van der Waals surface area contributed by atoms with Crippen LogP contribution in [0.1, 0.15) is 5.69 Å². The second kappa shape index (κ2) is 5.46. The third-order valence-corrected chi connectivity index (χ3v) is 2.47. The highest BCUT2D eigenvalue weighted by Crippen LogP contribution is 2.27. The zero-order chi connectivity index (χ0) is 14.8. The fourth-order valence-corrected chi connectivity index (χ4v) is 1.61. The molecule has 0 aliphatic carbocycles. The van der Waals surface area contributed by atoms with Gasteiger partial charge in [-0.2, -0.15) is 4.39 Å². The van der Waals surface area contributed by atoms with Gasteiger partial charge < -0.3 is 9.84 Å². The van der Waals surface area contributed by atoms with Crippen LogP contribution in [0.3, 0.4) is 0 Å². The highest BCUT2D eigenvalue weighted by molar-refractivity contribution is 5.63. The minimum absolute atomic E-state index is 0.126. The van der Waals surface area contributed by atoms with Crippen LogP contribution < -0.4 is 4.74 Å². The second-order valence-corrected chi connectivity index (χ2v) is 3.87. The number of aromatic nitrogens is 1. The first-order valence-corrected chi connectivity index (χ1v) is 5.51. The van der Waals surface area contributed by atoms with Crippen LogP contribution in [0.4, 0.5) is 17.6 Å². The number of benzene rings is 1. The Bertz CT molecular complexity index is 596. The Labute approximate surface area is 111 Å². The molecule has 2 aromatic rings. The fourth-order valence-electron chi connectivity index (χ4n) is 1.61. The quantitative estimate of drug-likeness (QED) is 0.696. The Morgan fingerprint density at radius 3 is 2.20 bits per heavy atom. The summed E-state index contributed by atoms with van der Waals surface area (Å²) in [5.74, 6) is -1.19. The van der Waals surface area contributed by atoms with E-state index in [1.165, 1.54) is 24.3 Å². The molecule has 0 radical (unpaired) electrons. The minimum atomic E-state index is -4.77. The fraction of sp³-hybridized carbons (Fsp3) is 0.154. The molecule has 0 unspecified atom stereocenters. The lowest BCUT2D eigenvalue weighted by Crippen LogP contribution is -2.16. The molecule has 0 aliphatic heterocycles. The first-order valence-electron chi connectivity index (χ1n) is 5.51. The van der Waals surface area contributed by atoms with Gasteiger partial charge in [-0.3, -0.25) is 0 Å². The van der Waals surface area contributed by atoms with Crippen molar-refractivity contribution in [1.29, 1.82) is 0 Å². The van der Waals surface area contributed by atoms with Gasteiger partial charge in [-0.25, -0.2) is 4.98 Å². The van der Waals surface area contributed by atoms with E-state index in [-0.39, 0.29) is 17.0 Å². The average Bonchev–Trinajstić information content (AvgIpc) is 2.38. The van der Waals surface area contributed by atoms with E-state index in [2.05, 4.69) is 9.72 Å². The topological polar surface area (TPSA) is 42.4 Å². The lowest BCUT2D eigenvalue weighted by atomic mass is 10.1. The molecule has 1 aromatic heterocycles. The summed E-state index contributed by atoms with van der Waals surface area (Å²) in [7, 11) is 0. The van der Waals surface area contributed by atoms with Gasteiger partial charge in [0.2, 0.25) is 5.95 Å². The van der Waals surface area contributed by atoms with Gasteiger partial charge in [0.15, 0.2) is 0 Å². The lowest BCUT2D eigenvalue weighted by molar-refractivity contribution is -0.274. The zero-order valence-electron chi connectivity index (χ0n) is 9.99. The molecule has 7 heteroatoms. The molecule has 0 amide bonds. The Kier molecular flexibility index (Phi) is 3.89. The van der Waals surface area contributed by atoms with Crippen molar-refractivity contribution in [3.05, 3.63) is 48.0 Å². The summed E-state index contributed by atoms with van der Waals surface area (Å²) in [5, 5.41) is 8.82. The van der Waals surface area contributed by atoms with Crippen LogP contribution >= 0.6 is 0 Å². The molecule has 0 saturated carbocycles. The van der Waals surface area contributed by atoms with Crippen molar-refractivity contribution in [2.45, 2.75) is 13.0 Å². The normalized spacial score (nSPS) is 11.4. The average molecular weight is 287 g/mol. The van der Waals surface area contributed by atoms with Crippen molar-refractivity contribution < 1.29 is 27.4 Å². The van der Waals surface area contributed by atoms with Gasteiger partial charge >= 0.3 is 6.36 Å². The van der Waals surface area contributed by atoms with Crippen molar-refractivity contribution in [2.24, 2.45) is 0 Å². The molecule has 0 bridgehead atoms. The molecular formula is C13H9F4NO2. The van der Waals surface area contributed by atoms with E-state index in [0.717, 1.165) is 12.1 Å². The van der Waals surface area contributed by atoms with Crippen LogP contribution in [0.5, 0.6) is 5.75 Å². The highest BCUT2D eigenvalue weighted by atomic mass is 19.4. The van der Waals surface area contributed by atoms with Crippen molar-refractivity contribution in [3.8, 4) is 16.9 Å². The molecule has 2 rings (SSSR count). The van der Waals surface area contributed by atoms with Crippen LogP contribution in [0.25, 0.3) is 11.1 Å². The van der Waals surface area contributed by atoms with E-state index in [4.69, 9.17) is 5.11 Å². The van der Waals surface area contributed by atoms with Gasteiger partial charge in [-0.05, 0) is 29.8 Å². The lowest BCUT2D eigenvalue weighted by Gasteiger charge is -2.09. The molecule has 0 fully saturated rings. The van der Waals surface area contributed by atoms with Crippen LogP contribution in [0, 0.1) is 5.95 Å². The van der Waals surface area contributed by atoms with Gasteiger partial charge in [0.25, 0.3) is 0 Å². The van der Waals surface area contributed by atoms with Crippen molar-refractivity contribution in [2.75, 3.05) is 0 Å². The molecule has 1 aromatic carbocycles. The Balaban J connectivity index is 2.26. The number of hydrogen-bond acceptors (Lipinski definition) is 3. The van der Waals surface area contributed by atoms with Crippen LogP contribution in [-0.4, -0.2) is 16.5 Å². The maximum atomic E-state index is 13.7. The number of nitrogens with zero attached hydrogens (tertiary/aromatic N) is 1. The molecule has 20 heavy (non-hydrogen) atoms. The molecule has 0 atom stereocenters. The number of rotatable bonds is 3. The SMILES string of the molecule is OCc1ccc(-c2ccc(OC(F)(F)F)cc2)c(F)n1. The molecule has 0 aliphatic rings. The van der Waals surface area contributed by atoms with Crippen molar-refractivity contribution in [1.82, 2.24) is 4.98 Å². The van der Waals surface area contributed by atoms with Gasteiger partial charge in [-0.1, -0.05) is 12.1 Å². The summed E-state index contributed by atoms with van der Waals surface area (Å²) in [6.45, 7) is -0.393. The summed E-state index contributed by atoms with van der Waals surface area (Å²) in [5.41, 5.74) is 0.651. The second-order valence-electron chi connectivity index (χ2n) is 3.87. The number of ether oxygens (including phenoxy) is 1. The molecule has 0 spiro atoms. The van der Waals surface area contributed by atoms with E-state index >= 15 is 0 Å². The zero-order valence-corrected chi connectivity index (χ0v) is 9.99. The van der Waals surface area contributed by atoms with Gasteiger partial charge in [-0.15, -0.1) is 13.2 Å². The van der Waals surface area contributed by atoms with Crippen molar-refractivity contribution in [3.63, 3.8) is 0 Å². The van der Waals surface area contributed by atoms with Gasteiger partial charge in [0, 0.05) is 5.56 Å². The maximum absolute atomic E-state index is 13.7. The highest BCUT2D eigenvalue weighted by Gasteiger charge is 2.30. The Morgan fingerprint density at radius 1 is 1.05 bits per heavy atom. The van der Waals surface area contributed by atoms with E-state index in [9.17, 15) is 17.6 Å². The first-order chi connectivity index (χ1) is 9.39. The standard InChI is InChI=1S/C13H9F4NO2/c14-12-11(6-3-9(7-19)18-12)8-1-4-10(5-2-8)20-13(15,16)17/h1-6,19H,7H2. The van der Waals surface area contributed by atoms with Crippen LogP contribution in [-0.2, 0) is 6.61 Å².